The predicted molar refractivity (Wildman–Crippen MR) is 67.9 cm³/mol. The fourth-order valence-electron chi connectivity index (χ4n) is 1.99. The molecule has 18 heavy (non-hydrogen) atoms. The van der Waals surface area contributed by atoms with Gasteiger partial charge in [-0.05, 0) is 31.9 Å². The quantitative estimate of drug-likeness (QED) is 0.837. The normalized spacial score (nSPS) is 16.8. The molecule has 0 spiro atoms. The average molecular weight is 244 g/mol. The van der Waals surface area contributed by atoms with Crippen molar-refractivity contribution >= 4 is 11.6 Å². The summed E-state index contributed by atoms with van der Waals surface area (Å²) in [6.45, 7) is 2.45. The minimum absolute atomic E-state index is 0.0729. The average Bonchev–Trinajstić information content (AvgIpc) is 2.95. The largest absolute Gasteiger partial charge is 0.349 e. The molecule has 0 atom stereocenters. The van der Waals surface area contributed by atoms with E-state index in [1.165, 1.54) is 0 Å². The van der Waals surface area contributed by atoms with Crippen LogP contribution in [0.1, 0.15) is 24.2 Å². The Morgan fingerprint density at radius 3 is 3.00 bits per heavy atom. The third kappa shape index (κ3) is 1.86. The van der Waals surface area contributed by atoms with E-state index in [-0.39, 0.29) is 5.91 Å². The van der Waals surface area contributed by atoms with Crippen molar-refractivity contribution in [2.24, 2.45) is 5.73 Å². The number of nitrogens with one attached hydrogen (secondary N) is 1. The number of nitrogens with zero attached hydrogens (tertiary/aromatic N) is 2. The molecular formula is C13H16N4O. The lowest BCUT2D eigenvalue weighted by Gasteiger charge is -2.08. The molecule has 1 fully saturated rings. The van der Waals surface area contributed by atoms with Crippen LogP contribution in [-0.2, 0) is 11.3 Å². The van der Waals surface area contributed by atoms with Gasteiger partial charge in [0.15, 0.2) is 0 Å². The number of fused-ring (bicyclic) bond motifs is 1. The van der Waals surface area contributed by atoms with Crippen LogP contribution in [0.25, 0.3) is 5.65 Å². The van der Waals surface area contributed by atoms with E-state index in [2.05, 4.69) is 10.3 Å². The van der Waals surface area contributed by atoms with Crippen LogP contribution in [0.15, 0.2) is 24.4 Å². The van der Waals surface area contributed by atoms with E-state index < -0.39 is 5.54 Å². The molecule has 0 radical (unpaired) electrons. The molecule has 0 aliphatic heterocycles. The van der Waals surface area contributed by atoms with Crippen molar-refractivity contribution in [3.8, 4) is 0 Å². The molecule has 2 aromatic rings. The van der Waals surface area contributed by atoms with Crippen LogP contribution >= 0.6 is 0 Å². The number of hydrogen-bond acceptors (Lipinski definition) is 3. The lowest BCUT2D eigenvalue weighted by molar-refractivity contribution is -0.123. The minimum Gasteiger partial charge on any atom is -0.349 e. The zero-order chi connectivity index (χ0) is 12.8. The third-order valence-electron chi connectivity index (χ3n) is 3.42. The van der Waals surface area contributed by atoms with Crippen LogP contribution in [-0.4, -0.2) is 20.8 Å². The molecule has 3 N–H and O–H groups in total. The van der Waals surface area contributed by atoms with E-state index >= 15 is 0 Å². The van der Waals surface area contributed by atoms with Gasteiger partial charge in [0, 0.05) is 11.9 Å². The minimum atomic E-state index is -0.616. The fourth-order valence-corrected chi connectivity index (χ4v) is 1.99. The molecule has 0 bridgehead atoms. The first-order chi connectivity index (χ1) is 8.58. The molecule has 2 aromatic heterocycles. The van der Waals surface area contributed by atoms with Crippen molar-refractivity contribution in [2.75, 3.05) is 0 Å². The number of carbonyl (C=O) groups is 1. The van der Waals surface area contributed by atoms with Gasteiger partial charge in [0.2, 0.25) is 5.91 Å². The Labute approximate surface area is 105 Å². The Kier molecular flexibility index (Phi) is 2.38. The van der Waals surface area contributed by atoms with Crippen molar-refractivity contribution in [1.29, 1.82) is 0 Å². The maximum atomic E-state index is 11.7. The van der Waals surface area contributed by atoms with Crippen LogP contribution in [0.4, 0.5) is 0 Å². The fraction of sp³-hybridized carbons (Fsp3) is 0.385. The Hall–Kier alpha value is -1.88. The van der Waals surface area contributed by atoms with Gasteiger partial charge in [0.05, 0.1) is 17.8 Å². The third-order valence-corrected chi connectivity index (χ3v) is 3.42. The van der Waals surface area contributed by atoms with Gasteiger partial charge in [-0.3, -0.25) is 4.79 Å². The number of aromatic nitrogens is 2. The first-order valence-electron chi connectivity index (χ1n) is 6.09. The van der Waals surface area contributed by atoms with Gasteiger partial charge in [0.1, 0.15) is 5.65 Å². The Balaban J connectivity index is 1.75. The van der Waals surface area contributed by atoms with Crippen molar-refractivity contribution in [2.45, 2.75) is 31.8 Å². The monoisotopic (exact) mass is 244 g/mol. The zero-order valence-corrected chi connectivity index (χ0v) is 10.3. The molecule has 0 aromatic carbocycles. The van der Waals surface area contributed by atoms with E-state index in [0.717, 1.165) is 29.9 Å². The highest BCUT2D eigenvalue weighted by Gasteiger charge is 2.45. The molecule has 0 saturated heterocycles. The van der Waals surface area contributed by atoms with Gasteiger partial charge >= 0.3 is 0 Å². The smallest absolute Gasteiger partial charge is 0.240 e. The highest BCUT2D eigenvalue weighted by Crippen LogP contribution is 2.32. The molecule has 1 saturated carbocycles. The van der Waals surface area contributed by atoms with Crippen molar-refractivity contribution in [1.82, 2.24) is 14.7 Å². The van der Waals surface area contributed by atoms with Crippen LogP contribution in [0, 0.1) is 6.92 Å². The maximum Gasteiger partial charge on any atom is 0.240 e. The summed E-state index contributed by atoms with van der Waals surface area (Å²) in [6, 6.07) is 5.94. The number of hydrogen-bond donors (Lipinski definition) is 2. The van der Waals surface area contributed by atoms with E-state index in [0.29, 0.717) is 6.54 Å². The summed E-state index contributed by atoms with van der Waals surface area (Å²) in [7, 11) is 0. The summed E-state index contributed by atoms with van der Waals surface area (Å²) in [4.78, 5) is 16.2. The Morgan fingerprint density at radius 2 is 2.33 bits per heavy atom. The predicted octanol–water partition coefficient (Wildman–Crippen LogP) is 0.750. The molecule has 1 aliphatic rings. The van der Waals surface area contributed by atoms with Gasteiger partial charge in [-0.1, -0.05) is 6.07 Å². The molecule has 3 rings (SSSR count). The first-order valence-corrected chi connectivity index (χ1v) is 6.09. The maximum absolute atomic E-state index is 11.7. The number of rotatable bonds is 3. The molecule has 2 heterocycles. The summed E-state index contributed by atoms with van der Waals surface area (Å²) < 4.78 is 2.01. The highest BCUT2D eigenvalue weighted by atomic mass is 16.2. The van der Waals surface area contributed by atoms with E-state index in [9.17, 15) is 4.79 Å². The SMILES string of the molecule is Cc1cccc2nc(CNC(=O)C3(N)CC3)cn12. The van der Waals surface area contributed by atoms with Gasteiger partial charge in [0.25, 0.3) is 0 Å². The number of amides is 1. The van der Waals surface area contributed by atoms with Crippen molar-refractivity contribution < 1.29 is 4.79 Å². The standard InChI is InChI=1S/C13H16N4O/c1-9-3-2-4-11-16-10(8-17(9)11)7-15-12(18)13(14)5-6-13/h2-4,8H,5-7,14H2,1H3,(H,15,18). The van der Waals surface area contributed by atoms with Gasteiger partial charge < -0.3 is 15.5 Å². The number of aryl methyl sites for hydroxylation is 1. The lowest BCUT2D eigenvalue weighted by atomic mass is 10.2. The van der Waals surface area contributed by atoms with Crippen LogP contribution in [0.3, 0.4) is 0 Å². The topological polar surface area (TPSA) is 72.4 Å². The zero-order valence-electron chi connectivity index (χ0n) is 10.3. The molecular weight excluding hydrogens is 228 g/mol. The van der Waals surface area contributed by atoms with Crippen LogP contribution in [0.5, 0.6) is 0 Å². The lowest BCUT2D eigenvalue weighted by Crippen LogP contribution is -2.42. The van der Waals surface area contributed by atoms with Crippen LogP contribution in [0.2, 0.25) is 0 Å². The Morgan fingerprint density at radius 1 is 1.56 bits per heavy atom. The summed E-state index contributed by atoms with van der Waals surface area (Å²) in [6.07, 6.45) is 3.51. The highest BCUT2D eigenvalue weighted by molar-refractivity contribution is 5.88. The summed E-state index contributed by atoms with van der Waals surface area (Å²) in [5.74, 6) is -0.0729. The summed E-state index contributed by atoms with van der Waals surface area (Å²) >= 11 is 0. The van der Waals surface area contributed by atoms with E-state index in [4.69, 9.17) is 5.73 Å². The Bertz CT molecular complexity index is 612. The molecule has 1 amide bonds. The molecule has 0 unspecified atom stereocenters. The van der Waals surface area contributed by atoms with E-state index in [1.54, 1.807) is 0 Å². The second kappa shape index (κ2) is 3.81. The van der Waals surface area contributed by atoms with Crippen molar-refractivity contribution in [3.05, 3.63) is 35.8 Å². The molecule has 5 heteroatoms. The number of pyridine rings is 1. The first kappa shape index (κ1) is 11.2. The number of nitrogens with two attached hydrogens (primary N) is 1. The second-order valence-corrected chi connectivity index (χ2v) is 4.97. The summed E-state index contributed by atoms with van der Waals surface area (Å²) in [5, 5.41) is 2.84. The van der Waals surface area contributed by atoms with E-state index in [1.807, 2.05) is 35.7 Å². The number of imidazole rings is 1. The second-order valence-electron chi connectivity index (χ2n) is 4.97. The van der Waals surface area contributed by atoms with Gasteiger partial charge in [-0.25, -0.2) is 4.98 Å². The molecule has 94 valence electrons. The summed E-state index contributed by atoms with van der Waals surface area (Å²) in [5.41, 5.74) is 8.07. The van der Waals surface area contributed by atoms with Crippen molar-refractivity contribution in [3.63, 3.8) is 0 Å². The van der Waals surface area contributed by atoms with Gasteiger partial charge in [-0.2, -0.15) is 0 Å². The van der Waals surface area contributed by atoms with Crippen LogP contribution < -0.4 is 11.1 Å². The van der Waals surface area contributed by atoms with Gasteiger partial charge in [-0.15, -0.1) is 0 Å². The molecule has 5 nitrogen and oxygen atoms in total. The number of carbonyl (C=O) groups excluding carboxylic acids is 1. The molecule has 1 aliphatic carbocycles.